The van der Waals surface area contributed by atoms with Crippen LogP contribution in [-0.4, -0.2) is 12.5 Å². The topological polar surface area (TPSA) is 77.5 Å². The quantitative estimate of drug-likeness (QED) is 0.824. The number of hydrogen-bond donors (Lipinski definition) is 2. The van der Waals surface area contributed by atoms with Crippen LogP contribution in [0.25, 0.3) is 0 Å². The minimum absolute atomic E-state index is 0.119. The molecule has 118 valence electrons. The molecule has 0 spiro atoms. The van der Waals surface area contributed by atoms with Gasteiger partial charge in [0.25, 0.3) is 5.91 Å². The molecule has 0 bridgehead atoms. The SMILES string of the molecule is CCOc1ccccc1C(CC)NC(=O)c1coc(CN)c1. The summed E-state index contributed by atoms with van der Waals surface area (Å²) in [5.74, 6) is 1.21. The van der Waals surface area contributed by atoms with Gasteiger partial charge in [-0.3, -0.25) is 4.79 Å². The summed E-state index contributed by atoms with van der Waals surface area (Å²) < 4.78 is 10.8. The highest BCUT2D eigenvalue weighted by atomic mass is 16.5. The van der Waals surface area contributed by atoms with E-state index >= 15 is 0 Å². The van der Waals surface area contributed by atoms with Crippen LogP contribution in [0.4, 0.5) is 0 Å². The summed E-state index contributed by atoms with van der Waals surface area (Å²) >= 11 is 0. The summed E-state index contributed by atoms with van der Waals surface area (Å²) in [6.45, 7) is 4.82. The van der Waals surface area contributed by atoms with Crippen molar-refractivity contribution in [2.45, 2.75) is 32.9 Å². The first-order valence-corrected chi connectivity index (χ1v) is 7.49. The van der Waals surface area contributed by atoms with Gasteiger partial charge in [-0.2, -0.15) is 0 Å². The van der Waals surface area contributed by atoms with Gasteiger partial charge in [0.15, 0.2) is 0 Å². The van der Waals surface area contributed by atoms with Crippen LogP contribution in [0.5, 0.6) is 5.75 Å². The minimum Gasteiger partial charge on any atom is -0.494 e. The minimum atomic E-state index is -0.179. The van der Waals surface area contributed by atoms with Crippen molar-refractivity contribution in [3.05, 3.63) is 53.5 Å². The Kier molecular flexibility index (Phi) is 5.61. The Labute approximate surface area is 130 Å². The molecule has 2 aromatic rings. The Balaban J connectivity index is 2.16. The zero-order valence-electron chi connectivity index (χ0n) is 13.0. The number of hydrogen-bond acceptors (Lipinski definition) is 4. The number of amides is 1. The molecule has 5 nitrogen and oxygen atoms in total. The van der Waals surface area contributed by atoms with Gasteiger partial charge < -0.3 is 20.2 Å². The van der Waals surface area contributed by atoms with Crippen LogP contribution < -0.4 is 15.8 Å². The van der Waals surface area contributed by atoms with E-state index in [-0.39, 0.29) is 18.5 Å². The van der Waals surface area contributed by atoms with Gasteiger partial charge in [0.05, 0.1) is 24.8 Å². The van der Waals surface area contributed by atoms with Crippen molar-refractivity contribution in [3.8, 4) is 5.75 Å². The Bertz CT molecular complexity index is 622. The Morgan fingerprint density at radius 3 is 2.77 bits per heavy atom. The second kappa shape index (κ2) is 7.66. The third kappa shape index (κ3) is 3.68. The lowest BCUT2D eigenvalue weighted by Gasteiger charge is -2.20. The molecule has 1 aromatic heterocycles. The van der Waals surface area contributed by atoms with Crippen molar-refractivity contribution in [2.24, 2.45) is 5.73 Å². The highest BCUT2D eigenvalue weighted by molar-refractivity contribution is 5.94. The maximum absolute atomic E-state index is 12.3. The molecule has 22 heavy (non-hydrogen) atoms. The van der Waals surface area contributed by atoms with Crippen molar-refractivity contribution in [2.75, 3.05) is 6.61 Å². The molecule has 0 saturated carbocycles. The maximum atomic E-state index is 12.3. The van der Waals surface area contributed by atoms with Crippen molar-refractivity contribution in [1.82, 2.24) is 5.32 Å². The molecule has 0 radical (unpaired) electrons. The molecule has 1 unspecified atom stereocenters. The molecule has 0 aliphatic carbocycles. The zero-order chi connectivity index (χ0) is 15.9. The fourth-order valence-electron chi connectivity index (χ4n) is 2.30. The normalized spacial score (nSPS) is 12.0. The number of rotatable bonds is 7. The van der Waals surface area contributed by atoms with E-state index in [0.717, 1.165) is 17.7 Å². The van der Waals surface area contributed by atoms with Crippen molar-refractivity contribution < 1.29 is 13.9 Å². The summed E-state index contributed by atoms with van der Waals surface area (Å²) in [6, 6.07) is 9.30. The smallest absolute Gasteiger partial charge is 0.255 e. The fourth-order valence-corrected chi connectivity index (χ4v) is 2.30. The lowest BCUT2D eigenvalue weighted by Crippen LogP contribution is -2.28. The van der Waals surface area contributed by atoms with E-state index in [9.17, 15) is 4.79 Å². The van der Waals surface area contributed by atoms with Gasteiger partial charge in [0.1, 0.15) is 17.8 Å². The molecule has 0 aliphatic heterocycles. The van der Waals surface area contributed by atoms with Gasteiger partial charge in [-0.05, 0) is 25.5 Å². The third-order valence-electron chi connectivity index (χ3n) is 3.42. The monoisotopic (exact) mass is 302 g/mol. The van der Waals surface area contributed by atoms with Gasteiger partial charge in [-0.25, -0.2) is 0 Å². The van der Waals surface area contributed by atoms with Gasteiger partial charge in [0, 0.05) is 5.56 Å². The van der Waals surface area contributed by atoms with E-state index < -0.39 is 0 Å². The Morgan fingerprint density at radius 2 is 2.14 bits per heavy atom. The third-order valence-corrected chi connectivity index (χ3v) is 3.42. The summed E-state index contributed by atoms with van der Waals surface area (Å²) in [7, 11) is 0. The number of nitrogens with one attached hydrogen (secondary N) is 1. The molecule has 2 rings (SSSR count). The van der Waals surface area contributed by atoms with Crippen molar-refractivity contribution in [3.63, 3.8) is 0 Å². The number of para-hydroxylation sites is 1. The number of carbonyl (C=O) groups is 1. The Morgan fingerprint density at radius 1 is 1.36 bits per heavy atom. The van der Waals surface area contributed by atoms with E-state index in [1.165, 1.54) is 6.26 Å². The van der Waals surface area contributed by atoms with E-state index in [2.05, 4.69) is 5.32 Å². The highest BCUT2D eigenvalue weighted by Crippen LogP contribution is 2.27. The van der Waals surface area contributed by atoms with Gasteiger partial charge >= 0.3 is 0 Å². The lowest BCUT2D eigenvalue weighted by molar-refractivity contribution is 0.0934. The molecular weight excluding hydrogens is 280 g/mol. The van der Waals surface area contributed by atoms with Crippen molar-refractivity contribution in [1.29, 1.82) is 0 Å². The molecule has 0 fully saturated rings. The highest BCUT2D eigenvalue weighted by Gasteiger charge is 2.18. The molecule has 0 aliphatic rings. The Hall–Kier alpha value is -2.27. The molecule has 1 atom stereocenters. The van der Waals surface area contributed by atoms with Crippen molar-refractivity contribution >= 4 is 5.91 Å². The second-order valence-electron chi connectivity index (χ2n) is 4.91. The molecule has 1 amide bonds. The van der Waals surface area contributed by atoms with Gasteiger partial charge in [-0.15, -0.1) is 0 Å². The van der Waals surface area contributed by atoms with E-state index in [4.69, 9.17) is 14.9 Å². The molecule has 1 heterocycles. The van der Waals surface area contributed by atoms with Crippen LogP contribution in [0.3, 0.4) is 0 Å². The summed E-state index contributed by atoms with van der Waals surface area (Å²) in [5.41, 5.74) is 6.95. The summed E-state index contributed by atoms with van der Waals surface area (Å²) in [4.78, 5) is 12.3. The number of benzene rings is 1. The lowest BCUT2D eigenvalue weighted by atomic mass is 10.0. The standard InChI is InChI=1S/C17H22N2O3/c1-3-15(14-7-5-6-8-16(14)21-4-2)19-17(20)12-9-13(10-18)22-11-12/h5-9,11,15H,3-4,10,18H2,1-2H3,(H,19,20). The number of carbonyl (C=O) groups excluding carboxylic acids is 1. The predicted molar refractivity (Wildman–Crippen MR) is 84.7 cm³/mol. The largest absolute Gasteiger partial charge is 0.494 e. The average molecular weight is 302 g/mol. The predicted octanol–water partition coefficient (Wildman–Crippen LogP) is 3.02. The van der Waals surface area contributed by atoms with E-state index in [1.54, 1.807) is 6.07 Å². The first-order chi connectivity index (χ1) is 10.7. The second-order valence-corrected chi connectivity index (χ2v) is 4.91. The zero-order valence-corrected chi connectivity index (χ0v) is 13.0. The fraction of sp³-hybridized carbons (Fsp3) is 0.353. The number of ether oxygens (including phenoxy) is 1. The molecule has 5 heteroatoms. The van der Waals surface area contributed by atoms with Crippen LogP contribution in [0.15, 0.2) is 41.0 Å². The summed E-state index contributed by atoms with van der Waals surface area (Å²) in [5, 5.41) is 3.02. The molecule has 0 saturated heterocycles. The maximum Gasteiger partial charge on any atom is 0.255 e. The van der Waals surface area contributed by atoms with Crippen LogP contribution in [0.2, 0.25) is 0 Å². The van der Waals surface area contributed by atoms with E-state index in [1.807, 2.05) is 38.1 Å². The van der Waals surface area contributed by atoms with Crippen LogP contribution in [-0.2, 0) is 6.54 Å². The van der Waals surface area contributed by atoms with Gasteiger partial charge in [-0.1, -0.05) is 25.1 Å². The molecule has 1 aromatic carbocycles. The first-order valence-electron chi connectivity index (χ1n) is 7.49. The van der Waals surface area contributed by atoms with Gasteiger partial charge in [0.2, 0.25) is 0 Å². The first kappa shape index (κ1) is 16.1. The molecule has 3 N–H and O–H groups in total. The van der Waals surface area contributed by atoms with Crippen LogP contribution >= 0.6 is 0 Å². The van der Waals surface area contributed by atoms with E-state index in [0.29, 0.717) is 17.9 Å². The van der Waals surface area contributed by atoms with Crippen LogP contribution in [0, 0.1) is 0 Å². The molecular formula is C17H22N2O3. The number of nitrogens with two attached hydrogens (primary N) is 1. The number of furan rings is 1. The summed E-state index contributed by atoms with van der Waals surface area (Å²) in [6.07, 6.45) is 2.19. The average Bonchev–Trinajstić information content (AvgIpc) is 3.03. The van der Waals surface area contributed by atoms with Crippen LogP contribution in [0.1, 0.15) is 48.0 Å².